The molecule has 0 saturated heterocycles. The molecule has 1 N–H and O–H groups in total. The molecule has 0 fully saturated rings. The Morgan fingerprint density at radius 3 is 2.64 bits per heavy atom. The molecular weight excluding hydrogens is 276 g/mol. The average molecular weight is 294 g/mol. The summed E-state index contributed by atoms with van der Waals surface area (Å²) >= 11 is 0. The Morgan fingerprint density at radius 1 is 1.14 bits per heavy atom. The maximum atomic E-state index is 12.0. The van der Waals surface area contributed by atoms with Crippen LogP contribution in [0, 0.1) is 0 Å². The summed E-state index contributed by atoms with van der Waals surface area (Å²) in [5, 5.41) is 2.99. The fourth-order valence-corrected chi connectivity index (χ4v) is 2.39. The number of oxazole rings is 1. The third-order valence-electron chi connectivity index (χ3n) is 3.58. The summed E-state index contributed by atoms with van der Waals surface area (Å²) < 4.78 is 5.62. The third-order valence-corrected chi connectivity index (χ3v) is 3.58. The number of hydrogen-bond acceptors (Lipinski definition) is 3. The van der Waals surface area contributed by atoms with Crippen molar-refractivity contribution in [3.8, 4) is 0 Å². The maximum absolute atomic E-state index is 12.0. The van der Waals surface area contributed by atoms with Gasteiger partial charge in [0.2, 0.25) is 5.91 Å². The van der Waals surface area contributed by atoms with Gasteiger partial charge in [-0.05, 0) is 24.6 Å². The molecule has 2 aromatic carbocycles. The van der Waals surface area contributed by atoms with E-state index in [-0.39, 0.29) is 11.9 Å². The Kier molecular flexibility index (Phi) is 4.19. The average Bonchev–Trinajstić information content (AvgIpc) is 2.96. The number of nitrogens with one attached hydrogen (secondary N) is 1. The minimum Gasteiger partial charge on any atom is -0.441 e. The van der Waals surface area contributed by atoms with Crippen molar-refractivity contribution in [2.75, 3.05) is 0 Å². The quantitative estimate of drug-likeness (QED) is 0.781. The summed E-state index contributed by atoms with van der Waals surface area (Å²) in [6.07, 6.45) is 0.867. The molecule has 0 aliphatic heterocycles. The van der Waals surface area contributed by atoms with Gasteiger partial charge in [-0.15, -0.1) is 0 Å². The van der Waals surface area contributed by atoms with Crippen LogP contribution in [0.2, 0.25) is 0 Å². The van der Waals surface area contributed by atoms with Crippen LogP contribution < -0.4 is 5.32 Å². The van der Waals surface area contributed by atoms with Crippen LogP contribution in [0.5, 0.6) is 0 Å². The van der Waals surface area contributed by atoms with Crippen LogP contribution in [0.3, 0.4) is 0 Å². The Bertz CT molecular complexity index is 732. The van der Waals surface area contributed by atoms with Crippen LogP contribution >= 0.6 is 0 Å². The van der Waals surface area contributed by atoms with E-state index in [0.29, 0.717) is 18.7 Å². The van der Waals surface area contributed by atoms with Gasteiger partial charge in [-0.1, -0.05) is 42.5 Å². The minimum absolute atomic E-state index is 0.00129. The van der Waals surface area contributed by atoms with Gasteiger partial charge in [0, 0.05) is 12.8 Å². The number of amides is 1. The number of benzene rings is 2. The number of aryl methyl sites for hydroxylation is 1. The number of rotatable bonds is 5. The lowest BCUT2D eigenvalue weighted by molar-refractivity contribution is -0.121. The summed E-state index contributed by atoms with van der Waals surface area (Å²) in [5.74, 6) is 0.599. The van der Waals surface area contributed by atoms with E-state index in [0.717, 1.165) is 16.7 Å². The van der Waals surface area contributed by atoms with Crippen LogP contribution in [-0.4, -0.2) is 10.9 Å². The van der Waals surface area contributed by atoms with E-state index >= 15 is 0 Å². The predicted molar refractivity (Wildman–Crippen MR) is 85.3 cm³/mol. The molecule has 1 aromatic heterocycles. The van der Waals surface area contributed by atoms with E-state index in [1.165, 1.54) is 0 Å². The van der Waals surface area contributed by atoms with Crippen LogP contribution in [0.1, 0.15) is 30.8 Å². The van der Waals surface area contributed by atoms with Crippen LogP contribution in [0.15, 0.2) is 59.0 Å². The monoisotopic (exact) mass is 294 g/mol. The normalized spacial score (nSPS) is 12.2. The lowest BCUT2D eigenvalue weighted by Crippen LogP contribution is -2.26. The van der Waals surface area contributed by atoms with Gasteiger partial charge >= 0.3 is 0 Å². The number of carbonyl (C=O) groups excluding carboxylic acids is 1. The zero-order valence-electron chi connectivity index (χ0n) is 12.5. The molecule has 0 spiro atoms. The van der Waals surface area contributed by atoms with Crippen molar-refractivity contribution in [2.24, 2.45) is 0 Å². The minimum atomic E-state index is -0.00247. The van der Waals surface area contributed by atoms with Crippen molar-refractivity contribution in [3.63, 3.8) is 0 Å². The molecule has 4 heteroatoms. The Balaban J connectivity index is 1.56. The summed E-state index contributed by atoms with van der Waals surface area (Å²) in [4.78, 5) is 16.4. The number of carbonyl (C=O) groups is 1. The third kappa shape index (κ3) is 3.34. The molecule has 3 aromatic rings. The largest absolute Gasteiger partial charge is 0.441 e. The summed E-state index contributed by atoms with van der Waals surface area (Å²) in [6, 6.07) is 17.5. The highest BCUT2D eigenvalue weighted by atomic mass is 16.3. The molecule has 0 bridgehead atoms. The van der Waals surface area contributed by atoms with Gasteiger partial charge in [-0.2, -0.15) is 0 Å². The van der Waals surface area contributed by atoms with Crippen LogP contribution in [0.4, 0.5) is 0 Å². The predicted octanol–water partition coefficient (Wildman–Crippen LogP) is 3.64. The van der Waals surface area contributed by atoms with Gasteiger partial charge in [0.1, 0.15) is 5.52 Å². The molecule has 0 aliphatic carbocycles. The molecule has 1 heterocycles. The van der Waals surface area contributed by atoms with Gasteiger partial charge in [-0.3, -0.25) is 4.79 Å². The lowest BCUT2D eigenvalue weighted by Gasteiger charge is -2.13. The molecule has 112 valence electrons. The molecule has 0 radical (unpaired) electrons. The van der Waals surface area contributed by atoms with Gasteiger partial charge in [0.25, 0.3) is 0 Å². The molecule has 0 aliphatic rings. The Morgan fingerprint density at radius 2 is 1.86 bits per heavy atom. The molecule has 0 saturated carbocycles. The maximum Gasteiger partial charge on any atom is 0.220 e. The molecule has 22 heavy (non-hydrogen) atoms. The topological polar surface area (TPSA) is 55.1 Å². The smallest absolute Gasteiger partial charge is 0.220 e. The van der Waals surface area contributed by atoms with Crippen molar-refractivity contribution in [3.05, 3.63) is 66.1 Å². The van der Waals surface area contributed by atoms with Crippen molar-refractivity contribution in [2.45, 2.75) is 25.8 Å². The standard InChI is InChI=1S/C18H18N2O2/c1-13(14-7-3-2-4-8-14)19-17(21)11-12-18-20-15-9-5-6-10-16(15)22-18/h2-10,13H,11-12H2,1H3,(H,19,21)/t13-/m1/s1. The Labute approximate surface area is 129 Å². The van der Waals surface area contributed by atoms with Crippen molar-refractivity contribution in [1.82, 2.24) is 10.3 Å². The lowest BCUT2D eigenvalue weighted by atomic mass is 10.1. The van der Waals surface area contributed by atoms with Crippen molar-refractivity contribution >= 4 is 17.0 Å². The zero-order chi connectivity index (χ0) is 15.4. The fourth-order valence-electron chi connectivity index (χ4n) is 2.39. The number of hydrogen-bond donors (Lipinski definition) is 1. The van der Waals surface area contributed by atoms with E-state index in [1.807, 2.05) is 61.5 Å². The first kappa shape index (κ1) is 14.3. The molecular formula is C18H18N2O2. The summed E-state index contributed by atoms with van der Waals surface area (Å²) in [7, 11) is 0. The van der Waals surface area contributed by atoms with Gasteiger partial charge in [0.15, 0.2) is 11.5 Å². The van der Waals surface area contributed by atoms with Crippen LogP contribution in [-0.2, 0) is 11.2 Å². The number of para-hydroxylation sites is 2. The second-order valence-corrected chi connectivity index (χ2v) is 5.28. The highest BCUT2D eigenvalue weighted by Gasteiger charge is 2.11. The first-order valence-corrected chi connectivity index (χ1v) is 7.41. The molecule has 4 nitrogen and oxygen atoms in total. The second kappa shape index (κ2) is 6.43. The molecule has 3 rings (SSSR count). The van der Waals surface area contributed by atoms with E-state index in [2.05, 4.69) is 10.3 Å². The second-order valence-electron chi connectivity index (χ2n) is 5.28. The van der Waals surface area contributed by atoms with Crippen LogP contribution in [0.25, 0.3) is 11.1 Å². The first-order chi connectivity index (χ1) is 10.7. The fraction of sp³-hybridized carbons (Fsp3) is 0.222. The first-order valence-electron chi connectivity index (χ1n) is 7.41. The Hall–Kier alpha value is -2.62. The highest BCUT2D eigenvalue weighted by Crippen LogP contribution is 2.16. The van der Waals surface area contributed by atoms with Gasteiger partial charge in [-0.25, -0.2) is 4.98 Å². The number of nitrogens with zero attached hydrogens (tertiary/aromatic N) is 1. The molecule has 1 amide bonds. The van der Waals surface area contributed by atoms with Gasteiger partial charge in [0.05, 0.1) is 6.04 Å². The summed E-state index contributed by atoms with van der Waals surface area (Å²) in [5.41, 5.74) is 2.68. The van der Waals surface area contributed by atoms with E-state index in [4.69, 9.17) is 4.42 Å². The molecule has 1 atom stereocenters. The van der Waals surface area contributed by atoms with Crippen molar-refractivity contribution in [1.29, 1.82) is 0 Å². The number of fused-ring (bicyclic) bond motifs is 1. The number of aromatic nitrogens is 1. The highest BCUT2D eigenvalue weighted by molar-refractivity contribution is 5.77. The van der Waals surface area contributed by atoms with E-state index in [1.54, 1.807) is 0 Å². The molecule has 0 unspecified atom stereocenters. The SMILES string of the molecule is C[C@@H](NC(=O)CCc1nc2ccccc2o1)c1ccccc1. The van der Waals surface area contributed by atoms with E-state index < -0.39 is 0 Å². The van der Waals surface area contributed by atoms with Gasteiger partial charge < -0.3 is 9.73 Å². The van der Waals surface area contributed by atoms with E-state index in [9.17, 15) is 4.79 Å². The van der Waals surface area contributed by atoms with Crippen molar-refractivity contribution < 1.29 is 9.21 Å². The summed E-state index contributed by atoms with van der Waals surface area (Å²) in [6.45, 7) is 1.98. The zero-order valence-corrected chi connectivity index (χ0v) is 12.5.